The van der Waals surface area contributed by atoms with E-state index in [-0.39, 0.29) is 17.9 Å². The van der Waals surface area contributed by atoms with Crippen LogP contribution in [0, 0.1) is 6.92 Å². The number of amides is 1. The fourth-order valence-electron chi connectivity index (χ4n) is 4.00. The molecule has 0 spiro atoms. The molecule has 0 aliphatic carbocycles. The largest absolute Gasteiger partial charge is 0.331 e. The van der Waals surface area contributed by atoms with Gasteiger partial charge in [0.25, 0.3) is 0 Å². The number of para-hydroxylation sites is 2. The number of carbonyl (C=O) groups is 1. The summed E-state index contributed by atoms with van der Waals surface area (Å²) in [7, 11) is 0. The molecule has 0 aliphatic rings. The van der Waals surface area contributed by atoms with Gasteiger partial charge in [-0.1, -0.05) is 30.3 Å². The number of hydrogen-bond donors (Lipinski definition) is 1. The minimum Gasteiger partial charge on any atom is -0.331 e. The molecule has 3 aromatic carbocycles. The van der Waals surface area contributed by atoms with Gasteiger partial charge in [0.05, 0.1) is 22.2 Å². The second-order valence-corrected chi connectivity index (χ2v) is 7.33. The average molecular weight is 393 g/mol. The van der Waals surface area contributed by atoms with E-state index < -0.39 is 0 Å². The molecular weight excluding hydrogens is 374 g/mol. The summed E-state index contributed by atoms with van der Waals surface area (Å²) in [5.41, 5.74) is 4.12. The molecule has 0 unspecified atom stereocenters. The topological polar surface area (TPSA) is 64.0 Å². The molecule has 1 amide bonds. The highest BCUT2D eigenvalue weighted by molar-refractivity contribution is 6.03. The summed E-state index contributed by atoms with van der Waals surface area (Å²) in [6.07, 6.45) is 1.75. The minimum absolute atomic E-state index is 0.0199. The van der Waals surface area contributed by atoms with Crippen molar-refractivity contribution in [2.75, 3.05) is 5.32 Å². The van der Waals surface area contributed by atoms with Crippen molar-refractivity contribution >= 4 is 44.3 Å². The van der Waals surface area contributed by atoms with Gasteiger partial charge >= 0.3 is 0 Å². The zero-order valence-corrected chi connectivity index (χ0v) is 16.4. The predicted octanol–water partition coefficient (Wildman–Crippen LogP) is 4.65. The molecule has 0 radical (unpaired) electrons. The number of nitrogens with one attached hydrogen (secondary N) is 1. The van der Waals surface area contributed by atoms with Gasteiger partial charge in [0.1, 0.15) is 6.54 Å². The fourth-order valence-corrected chi connectivity index (χ4v) is 4.00. The maximum atomic E-state index is 13.1. The third-order valence-corrected chi connectivity index (χ3v) is 5.43. The highest BCUT2D eigenvalue weighted by Gasteiger charge is 2.14. The van der Waals surface area contributed by atoms with Gasteiger partial charge in [0.2, 0.25) is 5.91 Å². The van der Waals surface area contributed by atoms with Crippen LogP contribution in [0.1, 0.15) is 5.56 Å². The standard InChI is InChI=1S/C25H19N3O2/c1-16-12-13-20(17-9-6-14-26-24(16)17)27-23(29)15-28-21-10-4-2-7-18(21)25(30)19-8-3-5-11-22(19)28/h2-14H,15H2,1H3,(H,27,29). The number of fused-ring (bicyclic) bond motifs is 3. The Hall–Kier alpha value is -3.99. The number of carbonyl (C=O) groups excluding carboxylic acids is 1. The molecule has 5 aromatic rings. The number of rotatable bonds is 3. The van der Waals surface area contributed by atoms with Crippen LogP contribution in [-0.2, 0) is 11.3 Å². The molecule has 0 saturated carbocycles. The van der Waals surface area contributed by atoms with Crippen molar-refractivity contribution in [3.05, 3.63) is 94.8 Å². The van der Waals surface area contributed by atoms with Crippen molar-refractivity contribution in [1.29, 1.82) is 0 Å². The van der Waals surface area contributed by atoms with Gasteiger partial charge in [-0.2, -0.15) is 0 Å². The first-order valence-electron chi connectivity index (χ1n) is 9.78. The van der Waals surface area contributed by atoms with E-state index in [2.05, 4.69) is 10.3 Å². The van der Waals surface area contributed by atoms with Gasteiger partial charge in [-0.25, -0.2) is 0 Å². The maximum Gasteiger partial charge on any atom is 0.244 e. The van der Waals surface area contributed by atoms with Gasteiger partial charge in [-0.05, 0) is 55.0 Å². The van der Waals surface area contributed by atoms with Gasteiger partial charge in [-0.3, -0.25) is 14.6 Å². The molecule has 2 aromatic heterocycles. The van der Waals surface area contributed by atoms with Crippen LogP contribution in [0.5, 0.6) is 0 Å². The van der Waals surface area contributed by atoms with Crippen LogP contribution in [0.2, 0.25) is 0 Å². The van der Waals surface area contributed by atoms with E-state index in [4.69, 9.17) is 0 Å². The first-order valence-corrected chi connectivity index (χ1v) is 9.78. The highest BCUT2D eigenvalue weighted by atomic mass is 16.2. The zero-order chi connectivity index (χ0) is 20.7. The molecule has 0 saturated heterocycles. The number of pyridine rings is 2. The van der Waals surface area contributed by atoms with Crippen LogP contribution in [0.15, 0.2) is 83.8 Å². The fraction of sp³-hybridized carbons (Fsp3) is 0.0800. The minimum atomic E-state index is -0.164. The lowest BCUT2D eigenvalue weighted by atomic mass is 10.1. The summed E-state index contributed by atoms with van der Waals surface area (Å²) in [5.74, 6) is -0.164. The number of anilines is 1. The molecule has 2 heterocycles. The summed E-state index contributed by atoms with van der Waals surface area (Å²) >= 11 is 0. The normalized spacial score (nSPS) is 11.2. The van der Waals surface area contributed by atoms with Crippen molar-refractivity contribution in [2.24, 2.45) is 0 Å². The molecule has 5 rings (SSSR count). The second-order valence-electron chi connectivity index (χ2n) is 7.33. The second kappa shape index (κ2) is 7.12. The Morgan fingerprint density at radius 3 is 2.20 bits per heavy atom. The molecule has 0 aliphatic heterocycles. The lowest BCUT2D eigenvalue weighted by molar-refractivity contribution is -0.116. The molecule has 0 bridgehead atoms. The Bertz CT molecular complexity index is 1440. The summed E-state index contributed by atoms with van der Waals surface area (Å²) in [5, 5.41) is 5.14. The van der Waals surface area contributed by atoms with E-state index in [1.54, 1.807) is 18.3 Å². The highest BCUT2D eigenvalue weighted by Crippen LogP contribution is 2.25. The lowest BCUT2D eigenvalue weighted by Gasteiger charge is -2.16. The third kappa shape index (κ3) is 2.92. The molecular formula is C25H19N3O2. The van der Waals surface area contributed by atoms with Crippen LogP contribution in [0.25, 0.3) is 32.7 Å². The molecule has 5 nitrogen and oxygen atoms in total. The maximum absolute atomic E-state index is 13.1. The average Bonchev–Trinajstić information content (AvgIpc) is 2.79. The van der Waals surface area contributed by atoms with Crippen LogP contribution < -0.4 is 10.7 Å². The Balaban J connectivity index is 1.60. The molecule has 30 heavy (non-hydrogen) atoms. The van der Waals surface area contributed by atoms with Crippen molar-refractivity contribution in [2.45, 2.75) is 13.5 Å². The summed E-state index contributed by atoms with van der Waals surface area (Å²) in [4.78, 5) is 30.4. The summed E-state index contributed by atoms with van der Waals surface area (Å²) < 4.78 is 1.90. The van der Waals surface area contributed by atoms with Crippen molar-refractivity contribution < 1.29 is 4.79 Å². The quantitative estimate of drug-likeness (QED) is 0.454. The van der Waals surface area contributed by atoms with E-state index in [0.717, 1.165) is 33.2 Å². The molecule has 146 valence electrons. The van der Waals surface area contributed by atoms with E-state index in [1.165, 1.54) is 0 Å². The molecule has 0 fully saturated rings. The van der Waals surface area contributed by atoms with Gasteiger partial charge in [0.15, 0.2) is 5.43 Å². The Kier molecular flexibility index (Phi) is 4.29. The van der Waals surface area contributed by atoms with Crippen molar-refractivity contribution in [3.8, 4) is 0 Å². The SMILES string of the molecule is Cc1ccc(NC(=O)Cn2c3ccccc3c(=O)c3ccccc32)c2cccnc12. The number of aryl methyl sites for hydroxylation is 1. The number of benzene rings is 3. The Morgan fingerprint density at radius 2 is 1.50 bits per heavy atom. The summed E-state index contributed by atoms with van der Waals surface area (Å²) in [6, 6.07) is 22.5. The summed E-state index contributed by atoms with van der Waals surface area (Å²) in [6.45, 7) is 2.09. The van der Waals surface area contributed by atoms with Crippen LogP contribution in [0.3, 0.4) is 0 Å². The molecule has 5 heteroatoms. The Morgan fingerprint density at radius 1 is 0.867 bits per heavy atom. The van der Waals surface area contributed by atoms with Gasteiger partial charge in [0, 0.05) is 22.4 Å². The first kappa shape index (κ1) is 18.1. The van der Waals surface area contributed by atoms with Crippen LogP contribution >= 0.6 is 0 Å². The zero-order valence-electron chi connectivity index (χ0n) is 16.4. The first-order chi connectivity index (χ1) is 14.6. The van der Waals surface area contributed by atoms with E-state index in [9.17, 15) is 9.59 Å². The lowest BCUT2D eigenvalue weighted by Crippen LogP contribution is -2.21. The van der Waals surface area contributed by atoms with Gasteiger partial charge in [-0.15, -0.1) is 0 Å². The van der Waals surface area contributed by atoms with Crippen molar-refractivity contribution in [1.82, 2.24) is 9.55 Å². The molecule has 0 atom stereocenters. The van der Waals surface area contributed by atoms with Crippen LogP contribution in [-0.4, -0.2) is 15.5 Å². The number of hydrogen-bond acceptors (Lipinski definition) is 3. The number of nitrogens with zero attached hydrogens (tertiary/aromatic N) is 2. The Labute approximate surface area is 172 Å². The third-order valence-electron chi connectivity index (χ3n) is 5.43. The van der Waals surface area contributed by atoms with E-state index >= 15 is 0 Å². The van der Waals surface area contributed by atoms with Crippen LogP contribution in [0.4, 0.5) is 5.69 Å². The van der Waals surface area contributed by atoms with Crippen molar-refractivity contribution in [3.63, 3.8) is 0 Å². The molecule has 1 N–H and O–H groups in total. The van der Waals surface area contributed by atoms with E-state index in [0.29, 0.717) is 10.8 Å². The smallest absolute Gasteiger partial charge is 0.244 e. The monoisotopic (exact) mass is 393 g/mol. The van der Waals surface area contributed by atoms with Gasteiger partial charge < -0.3 is 9.88 Å². The number of aromatic nitrogens is 2. The predicted molar refractivity (Wildman–Crippen MR) is 121 cm³/mol. The van der Waals surface area contributed by atoms with E-state index in [1.807, 2.05) is 72.2 Å².